The Bertz CT molecular complexity index is 805. The molecule has 2 N–H and O–H groups in total. The second-order valence-corrected chi connectivity index (χ2v) is 5.29. The molecule has 0 radical (unpaired) electrons. The van der Waals surface area contributed by atoms with Crippen LogP contribution in [0, 0.1) is 12.7 Å². The highest BCUT2D eigenvalue weighted by Gasteiger charge is 2.14. The van der Waals surface area contributed by atoms with Gasteiger partial charge in [-0.2, -0.15) is 0 Å². The van der Waals surface area contributed by atoms with Crippen LogP contribution in [0.2, 0.25) is 0 Å². The lowest BCUT2D eigenvalue weighted by atomic mass is 10.1. The minimum atomic E-state index is -0.220. The number of fused-ring (bicyclic) bond motifs is 1. The average molecular weight is 283 g/mol. The van der Waals surface area contributed by atoms with E-state index in [4.69, 9.17) is 10.7 Å². The number of nitrogen functional groups attached to an aromatic ring is 1. The zero-order valence-corrected chi connectivity index (χ0v) is 12.2. The molecule has 0 aliphatic rings. The van der Waals surface area contributed by atoms with E-state index in [0.29, 0.717) is 5.69 Å². The molecule has 0 fully saturated rings. The molecule has 3 rings (SSSR count). The van der Waals surface area contributed by atoms with Crippen molar-refractivity contribution in [3.05, 3.63) is 53.6 Å². The molecule has 0 atom stereocenters. The molecule has 2 aromatic carbocycles. The van der Waals surface area contributed by atoms with E-state index in [1.54, 1.807) is 12.1 Å². The molecule has 4 heteroatoms. The number of benzene rings is 2. The lowest BCUT2D eigenvalue weighted by Crippen LogP contribution is -2.03. The predicted molar refractivity (Wildman–Crippen MR) is 84.2 cm³/mol. The average Bonchev–Trinajstić information content (AvgIpc) is 2.76. The smallest absolute Gasteiger partial charge is 0.123 e. The van der Waals surface area contributed by atoms with Gasteiger partial charge in [0.05, 0.1) is 16.7 Å². The molecule has 108 valence electrons. The number of hydrogen-bond donors (Lipinski definition) is 1. The molecular weight excluding hydrogens is 265 g/mol. The summed E-state index contributed by atoms with van der Waals surface area (Å²) in [6.07, 6.45) is 1.87. The summed E-state index contributed by atoms with van der Waals surface area (Å²) in [6.45, 7) is 4.03. The highest BCUT2D eigenvalue weighted by Crippen LogP contribution is 2.26. The van der Waals surface area contributed by atoms with Crippen LogP contribution >= 0.6 is 0 Å². The Morgan fingerprint density at radius 3 is 2.71 bits per heavy atom. The maximum atomic E-state index is 13.4. The number of nitrogens with two attached hydrogens (primary N) is 1. The Morgan fingerprint density at radius 2 is 2.00 bits per heavy atom. The van der Waals surface area contributed by atoms with Crippen molar-refractivity contribution in [1.29, 1.82) is 0 Å². The van der Waals surface area contributed by atoms with Crippen molar-refractivity contribution in [2.75, 3.05) is 5.73 Å². The Labute approximate surface area is 123 Å². The van der Waals surface area contributed by atoms with Gasteiger partial charge in [-0.15, -0.1) is 0 Å². The molecular formula is C17H18FN3. The third-order valence-electron chi connectivity index (χ3n) is 3.62. The molecule has 0 bridgehead atoms. The standard InChI is InChI=1S/C17H18FN3/c1-3-4-17-20-14-10-13(19)6-8-16(14)21(17)15-7-5-12(18)9-11(15)2/h5-10H,3-4,19H2,1-2H3. The van der Waals surface area contributed by atoms with E-state index in [0.717, 1.165) is 41.0 Å². The Kier molecular flexibility index (Phi) is 3.37. The van der Waals surface area contributed by atoms with E-state index in [2.05, 4.69) is 11.5 Å². The first-order chi connectivity index (χ1) is 10.1. The third-order valence-corrected chi connectivity index (χ3v) is 3.62. The van der Waals surface area contributed by atoms with Gasteiger partial charge in [0.15, 0.2) is 0 Å². The van der Waals surface area contributed by atoms with Gasteiger partial charge in [0.25, 0.3) is 0 Å². The van der Waals surface area contributed by atoms with Gasteiger partial charge in [-0.25, -0.2) is 9.37 Å². The fourth-order valence-electron chi connectivity index (χ4n) is 2.68. The van der Waals surface area contributed by atoms with E-state index in [-0.39, 0.29) is 5.82 Å². The SMILES string of the molecule is CCCc1nc2cc(N)ccc2n1-c1ccc(F)cc1C. The minimum absolute atomic E-state index is 0.220. The van der Waals surface area contributed by atoms with Crippen molar-refractivity contribution in [3.8, 4) is 5.69 Å². The van der Waals surface area contributed by atoms with Crippen LogP contribution in [0.25, 0.3) is 16.7 Å². The second-order valence-electron chi connectivity index (χ2n) is 5.29. The fraction of sp³-hybridized carbons (Fsp3) is 0.235. The number of nitrogens with zero attached hydrogens (tertiary/aromatic N) is 2. The lowest BCUT2D eigenvalue weighted by Gasteiger charge is -2.12. The van der Waals surface area contributed by atoms with Gasteiger partial charge in [-0.1, -0.05) is 6.92 Å². The van der Waals surface area contributed by atoms with Gasteiger partial charge in [0.2, 0.25) is 0 Å². The maximum Gasteiger partial charge on any atom is 0.123 e. The molecule has 0 amide bonds. The van der Waals surface area contributed by atoms with Crippen molar-refractivity contribution in [2.45, 2.75) is 26.7 Å². The monoisotopic (exact) mass is 283 g/mol. The van der Waals surface area contributed by atoms with Crippen LogP contribution in [-0.2, 0) is 6.42 Å². The molecule has 3 nitrogen and oxygen atoms in total. The molecule has 1 aromatic heterocycles. The van der Waals surface area contributed by atoms with Crippen LogP contribution in [0.15, 0.2) is 36.4 Å². The van der Waals surface area contributed by atoms with Crippen molar-refractivity contribution in [2.24, 2.45) is 0 Å². The van der Waals surface area contributed by atoms with E-state index >= 15 is 0 Å². The number of hydrogen-bond acceptors (Lipinski definition) is 2. The van der Waals surface area contributed by atoms with E-state index in [9.17, 15) is 4.39 Å². The fourth-order valence-corrected chi connectivity index (χ4v) is 2.68. The van der Waals surface area contributed by atoms with Crippen LogP contribution in [0.1, 0.15) is 24.7 Å². The normalized spacial score (nSPS) is 11.2. The summed E-state index contributed by atoms with van der Waals surface area (Å²) in [5, 5.41) is 0. The molecule has 0 spiro atoms. The van der Waals surface area contributed by atoms with Gasteiger partial charge in [-0.3, -0.25) is 4.57 Å². The molecule has 0 aliphatic carbocycles. The van der Waals surface area contributed by atoms with Gasteiger partial charge >= 0.3 is 0 Å². The van der Waals surface area contributed by atoms with Crippen LogP contribution < -0.4 is 5.73 Å². The Hall–Kier alpha value is -2.36. The first-order valence-electron chi connectivity index (χ1n) is 7.13. The van der Waals surface area contributed by atoms with Gasteiger partial charge in [0, 0.05) is 12.1 Å². The summed E-state index contributed by atoms with van der Waals surface area (Å²) in [6, 6.07) is 10.6. The second kappa shape index (κ2) is 5.20. The summed E-state index contributed by atoms with van der Waals surface area (Å²) >= 11 is 0. The molecule has 21 heavy (non-hydrogen) atoms. The molecule has 3 aromatic rings. The molecule has 0 aliphatic heterocycles. The summed E-state index contributed by atoms with van der Waals surface area (Å²) in [5.41, 5.74) is 10.3. The Morgan fingerprint density at radius 1 is 1.19 bits per heavy atom. The predicted octanol–water partition coefficient (Wildman–Crippen LogP) is 4.01. The quantitative estimate of drug-likeness (QED) is 0.738. The zero-order chi connectivity index (χ0) is 15.0. The van der Waals surface area contributed by atoms with Crippen molar-refractivity contribution in [3.63, 3.8) is 0 Å². The van der Waals surface area contributed by atoms with Crippen LogP contribution in [0.5, 0.6) is 0 Å². The van der Waals surface area contributed by atoms with Crippen molar-refractivity contribution >= 4 is 16.7 Å². The van der Waals surface area contributed by atoms with Gasteiger partial charge < -0.3 is 5.73 Å². The number of rotatable bonds is 3. The first kappa shape index (κ1) is 13.6. The summed E-state index contributed by atoms with van der Waals surface area (Å²) < 4.78 is 15.5. The number of halogens is 1. The van der Waals surface area contributed by atoms with E-state index in [1.807, 2.05) is 25.1 Å². The topological polar surface area (TPSA) is 43.8 Å². The molecule has 0 saturated carbocycles. The van der Waals surface area contributed by atoms with Crippen molar-refractivity contribution in [1.82, 2.24) is 9.55 Å². The minimum Gasteiger partial charge on any atom is -0.399 e. The zero-order valence-electron chi connectivity index (χ0n) is 12.2. The number of aromatic nitrogens is 2. The Balaban J connectivity index is 2.30. The van der Waals surface area contributed by atoms with E-state index < -0.39 is 0 Å². The summed E-state index contributed by atoms with van der Waals surface area (Å²) in [7, 11) is 0. The van der Waals surface area contributed by atoms with Crippen molar-refractivity contribution < 1.29 is 4.39 Å². The van der Waals surface area contributed by atoms with Crippen LogP contribution in [0.3, 0.4) is 0 Å². The molecule has 0 unspecified atom stereocenters. The van der Waals surface area contributed by atoms with Gasteiger partial charge in [0.1, 0.15) is 11.6 Å². The van der Waals surface area contributed by atoms with Crippen LogP contribution in [0.4, 0.5) is 10.1 Å². The molecule has 1 heterocycles. The lowest BCUT2D eigenvalue weighted by molar-refractivity contribution is 0.626. The highest BCUT2D eigenvalue weighted by molar-refractivity contribution is 5.81. The van der Waals surface area contributed by atoms with E-state index in [1.165, 1.54) is 6.07 Å². The molecule has 0 saturated heterocycles. The maximum absolute atomic E-state index is 13.4. The number of anilines is 1. The summed E-state index contributed by atoms with van der Waals surface area (Å²) in [4.78, 5) is 4.69. The largest absolute Gasteiger partial charge is 0.399 e. The van der Waals surface area contributed by atoms with Crippen LogP contribution in [-0.4, -0.2) is 9.55 Å². The number of imidazole rings is 1. The number of aryl methyl sites for hydroxylation is 2. The summed E-state index contributed by atoms with van der Waals surface area (Å²) in [5.74, 6) is 0.759. The first-order valence-corrected chi connectivity index (χ1v) is 7.13. The van der Waals surface area contributed by atoms with Gasteiger partial charge in [-0.05, 0) is 55.3 Å². The highest BCUT2D eigenvalue weighted by atomic mass is 19.1. The third kappa shape index (κ3) is 2.37.